The highest BCUT2D eigenvalue weighted by Crippen LogP contribution is 2.30. The molecule has 2 rings (SSSR count). The maximum Gasteiger partial charge on any atom is 0.261 e. The Morgan fingerprint density at radius 2 is 2.17 bits per heavy atom. The molecule has 96 valence electrons. The van der Waals surface area contributed by atoms with Gasteiger partial charge in [0.2, 0.25) is 0 Å². The van der Waals surface area contributed by atoms with Crippen LogP contribution < -0.4 is 0 Å². The van der Waals surface area contributed by atoms with Crippen molar-refractivity contribution in [3.05, 3.63) is 28.5 Å². The molecule has 1 N–H and O–H groups in total. The maximum absolute atomic E-state index is 9.81. The Morgan fingerprint density at radius 1 is 1.39 bits per heavy atom. The second kappa shape index (κ2) is 5.49. The molecule has 0 aliphatic heterocycles. The Hall–Kier alpha value is -1.40. The zero-order chi connectivity index (χ0) is 13.1. The molecule has 5 nitrogen and oxygen atoms in total. The number of hydrogen-bond donors (Lipinski definition) is 1. The lowest BCUT2D eigenvalue weighted by molar-refractivity contribution is 0.391. The van der Waals surface area contributed by atoms with Gasteiger partial charge in [0.25, 0.3) is 5.89 Å². The van der Waals surface area contributed by atoms with Crippen molar-refractivity contribution >= 4 is 15.9 Å². The first-order chi connectivity index (χ1) is 8.56. The summed E-state index contributed by atoms with van der Waals surface area (Å²) in [5.74, 6) is 1.10. The fourth-order valence-electron chi connectivity index (χ4n) is 1.47. The second-order valence-electron chi connectivity index (χ2n) is 4.23. The average molecular weight is 312 g/mol. The minimum absolute atomic E-state index is 0.118. The van der Waals surface area contributed by atoms with Crippen LogP contribution in [-0.2, 0) is 6.42 Å². The molecule has 0 radical (unpaired) electrons. The Kier molecular flexibility index (Phi) is 3.98. The van der Waals surface area contributed by atoms with E-state index in [0.29, 0.717) is 23.7 Å². The lowest BCUT2D eigenvalue weighted by atomic mass is 10.2. The summed E-state index contributed by atoms with van der Waals surface area (Å²) in [7, 11) is 3.98. The van der Waals surface area contributed by atoms with E-state index in [0.717, 1.165) is 11.0 Å². The lowest BCUT2D eigenvalue weighted by Gasteiger charge is -2.05. The summed E-state index contributed by atoms with van der Waals surface area (Å²) >= 11 is 3.28. The van der Waals surface area contributed by atoms with Crippen LogP contribution in [0.3, 0.4) is 0 Å². The lowest BCUT2D eigenvalue weighted by Crippen LogP contribution is -2.15. The summed E-state index contributed by atoms with van der Waals surface area (Å²) < 4.78 is 5.95. The van der Waals surface area contributed by atoms with Gasteiger partial charge in [-0.2, -0.15) is 4.98 Å². The zero-order valence-corrected chi connectivity index (χ0v) is 11.8. The van der Waals surface area contributed by atoms with Crippen molar-refractivity contribution in [3.8, 4) is 17.2 Å². The van der Waals surface area contributed by atoms with Crippen molar-refractivity contribution in [1.82, 2.24) is 15.0 Å². The number of rotatable bonds is 4. The highest BCUT2D eigenvalue weighted by atomic mass is 79.9. The van der Waals surface area contributed by atoms with Crippen LogP contribution in [0.4, 0.5) is 0 Å². The zero-order valence-electron chi connectivity index (χ0n) is 10.2. The van der Waals surface area contributed by atoms with E-state index < -0.39 is 0 Å². The van der Waals surface area contributed by atoms with E-state index in [-0.39, 0.29) is 5.75 Å². The van der Waals surface area contributed by atoms with Gasteiger partial charge in [0, 0.05) is 17.4 Å². The average Bonchev–Trinajstić information content (AvgIpc) is 2.75. The molecule has 2 aromatic rings. The number of halogens is 1. The summed E-state index contributed by atoms with van der Waals surface area (Å²) in [6, 6.07) is 5.15. The minimum Gasteiger partial charge on any atom is -0.507 e. The molecule has 0 bridgehead atoms. The number of aromatic hydroxyl groups is 1. The summed E-state index contributed by atoms with van der Waals surface area (Å²) in [5, 5.41) is 13.7. The van der Waals surface area contributed by atoms with E-state index in [1.54, 1.807) is 12.1 Å². The Bertz CT molecular complexity index is 540. The van der Waals surface area contributed by atoms with Crippen LogP contribution in [0.25, 0.3) is 11.5 Å². The monoisotopic (exact) mass is 311 g/mol. The Balaban J connectivity index is 2.18. The molecule has 0 atom stereocenters. The summed E-state index contributed by atoms with van der Waals surface area (Å²) in [4.78, 5) is 6.31. The van der Waals surface area contributed by atoms with Gasteiger partial charge in [0.15, 0.2) is 5.82 Å². The number of benzene rings is 1. The maximum atomic E-state index is 9.81. The van der Waals surface area contributed by atoms with Crippen molar-refractivity contribution in [3.63, 3.8) is 0 Å². The molecule has 0 amide bonds. The molecule has 1 aromatic heterocycles. The SMILES string of the molecule is CN(C)CCc1noc(-c2ccc(Br)cc2O)n1. The standard InChI is InChI=1S/C12H14BrN3O2/c1-16(2)6-5-11-14-12(18-15-11)9-4-3-8(13)7-10(9)17/h3-4,7,17H,5-6H2,1-2H3. The van der Waals surface area contributed by atoms with Gasteiger partial charge in [-0.15, -0.1) is 0 Å². The molecule has 0 fully saturated rings. The van der Waals surface area contributed by atoms with Crippen LogP contribution >= 0.6 is 15.9 Å². The first-order valence-electron chi connectivity index (χ1n) is 5.52. The molecule has 0 unspecified atom stereocenters. The van der Waals surface area contributed by atoms with Crippen molar-refractivity contribution < 1.29 is 9.63 Å². The normalized spacial score (nSPS) is 11.1. The van der Waals surface area contributed by atoms with Gasteiger partial charge in [-0.3, -0.25) is 0 Å². The van der Waals surface area contributed by atoms with Crippen molar-refractivity contribution in [1.29, 1.82) is 0 Å². The van der Waals surface area contributed by atoms with Crippen LogP contribution in [0, 0.1) is 0 Å². The van der Waals surface area contributed by atoms with Crippen LogP contribution in [-0.4, -0.2) is 40.8 Å². The van der Waals surface area contributed by atoms with E-state index in [1.807, 2.05) is 25.1 Å². The van der Waals surface area contributed by atoms with Gasteiger partial charge >= 0.3 is 0 Å². The Labute approximate surface area is 114 Å². The van der Waals surface area contributed by atoms with Gasteiger partial charge in [-0.25, -0.2) is 0 Å². The van der Waals surface area contributed by atoms with E-state index in [1.165, 1.54) is 0 Å². The predicted octanol–water partition coefficient (Wildman–Crippen LogP) is 2.31. The molecule has 1 aromatic carbocycles. The van der Waals surface area contributed by atoms with Gasteiger partial charge in [0.05, 0.1) is 5.56 Å². The molecule has 1 heterocycles. The van der Waals surface area contributed by atoms with E-state index in [2.05, 4.69) is 26.1 Å². The van der Waals surface area contributed by atoms with E-state index in [9.17, 15) is 5.11 Å². The molecule has 0 aliphatic carbocycles. The topological polar surface area (TPSA) is 62.4 Å². The molecule has 6 heteroatoms. The summed E-state index contributed by atoms with van der Waals surface area (Å²) in [6.45, 7) is 0.852. The molecule has 0 spiro atoms. The minimum atomic E-state index is 0.118. The van der Waals surface area contributed by atoms with Gasteiger partial charge in [-0.05, 0) is 32.3 Å². The smallest absolute Gasteiger partial charge is 0.261 e. The quantitative estimate of drug-likeness (QED) is 0.938. The van der Waals surface area contributed by atoms with Crippen molar-refractivity contribution in [2.45, 2.75) is 6.42 Å². The number of hydrogen-bond acceptors (Lipinski definition) is 5. The third-order valence-corrected chi connectivity index (χ3v) is 2.93. The van der Waals surface area contributed by atoms with Crippen LogP contribution in [0.15, 0.2) is 27.2 Å². The first-order valence-corrected chi connectivity index (χ1v) is 6.32. The van der Waals surface area contributed by atoms with Crippen molar-refractivity contribution in [2.75, 3.05) is 20.6 Å². The van der Waals surface area contributed by atoms with E-state index >= 15 is 0 Å². The summed E-state index contributed by atoms with van der Waals surface area (Å²) in [5.41, 5.74) is 0.543. The number of likely N-dealkylation sites (N-methyl/N-ethyl adjacent to an activating group) is 1. The van der Waals surface area contributed by atoms with Gasteiger partial charge < -0.3 is 14.5 Å². The first kappa shape index (κ1) is 13.0. The third-order valence-electron chi connectivity index (χ3n) is 2.44. The number of aromatic nitrogens is 2. The number of nitrogens with zero attached hydrogens (tertiary/aromatic N) is 3. The van der Waals surface area contributed by atoms with E-state index in [4.69, 9.17) is 4.52 Å². The highest BCUT2D eigenvalue weighted by molar-refractivity contribution is 9.10. The molecular weight excluding hydrogens is 298 g/mol. The molecule has 0 aliphatic rings. The molecule has 0 saturated carbocycles. The second-order valence-corrected chi connectivity index (χ2v) is 5.15. The fourth-order valence-corrected chi connectivity index (χ4v) is 1.82. The van der Waals surface area contributed by atoms with Crippen LogP contribution in [0.5, 0.6) is 5.75 Å². The van der Waals surface area contributed by atoms with Gasteiger partial charge in [0.1, 0.15) is 5.75 Å². The van der Waals surface area contributed by atoms with Crippen molar-refractivity contribution in [2.24, 2.45) is 0 Å². The molecule has 0 saturated heterocycles. The number of phenolic OH excluding ortho intramolecular Hbond substituents is 1. The molecular formula is C12H14BrN3O2. The van der Waals surface area contributed by atoms with Crippen LogP contribution in [0.2, 0.25) is 0 Å². The Morgan fingerprint density at radius 3 is 2.83 bits per heavy atom. The molecule has 18 heavy (non-hydrogen) atoms. The predicted molar refractivity (Wildman–Crippen MR) is 71.4 cm³/mol. The third kappa shape index (κ3) is 3.08. The highest BCUT2D eigenvalue weighted by Gasteiger charge is 2.13. The number of phenols is 1. The van der Waals surface area contributed by atoms with Gasteiger partial charge in [-0.1, -0.05) is 21.1 Å². The largest absolute Gasteiger partial charge is 0.507 e. The van der Waals surface area contributed by atoms with Crippen LogP contribution in [0.1, 0.15) is 5.82 Å². The summed E-state index contributed by atoms with van der Waals surface area (Å²) in [6.07, 6.45) is 0.716. The fraction of sp³-hybridized carbons (Fsp3) is 0.333.